The molecule has 128 valence electrons. The summed E-state index contributed by atoms with van der Waals surface area (Å²) in [5.41, 5.74) is 0. The fourth-order valence-electron chi connectivity index (χ4n) is 2.83. The minimum absolute atomic E-state index is 0.0770. The monoisotopic (exact) mass is 346 g/mol. The second kappa shape index (κ2) is 7.17. The fraction of sp³-hybridized carbons (Fsp3) is 0.471. The summed E-state index contributed by atoms with van der Waals surface area (Å²) in [6.45, 7) is 6.97. The molecule has 0 saturated carbocycles. The summed E-state index contributed by atoms with van der Waals surface area (Å²) in [7, 11) is 1.58. The van der Waals surface area contributed by atoms with Crippen LogP contribution in [0.25, 0.3) is 0 Å². The Morgan fingerprint density at radius 2 is 2.00 bits per heavy atom. The summed E-state index contributed by atoms with van der Waals surface area (Å²) < 4.78 is 5.12. The Balaban J connectivity index is 1.61. The lowest BCUT2D eigenvalue weighted by molar-refractivity contribution is -0.132. The van der Waals surface area contributed by atoms with E-state index in [9.17, 15) is 4.79 Å². The summed E-state index contributed by atoms with van der Waals surface area (Å²) >= 11 is 1.70. The standard InChI is InChI=1S/C17H22N4O2S/c1-12-4-5-14(24-12)13(2)17(22)21-8-6-20(7-9-21)15-10-18-11-16(19-15)23-3/h4-5,10-11,13H,6-9H2,1-3H3/t13-/m1/s1. The molecule has 7 heteroatoms. The zero-order chi connectivity index (χ0) is 17.1. The average Bonchev–Trinajstić information content (AvgIpc) is 3.07. The molecular formula is C17H22N4O2S. The first-order valence-electron chi connectivity index (χ1n) is 8.04. The molecule has 3 rings (SSSR count). The third-order valence-electron chi connectivity index (χ3n) is 4.28. The number of methoxy groups -OCH3 is 1. The van der Waals surface area contributed by atoms with Gasteiger partial charge >= 0.3 is 0 Å². The number of hydrogen-bond acceptors (Lipinski definition) is 6. The Morgan fingerprint density at radius 3 is 2.62 bits per heavy atom. The predicted molar refractivity (Wildman–Crippen MR) is 94.8 cm³/mol. The van der Waals surface area contributed by atoms with E-state index in [1.807, 2.05) is 11.8 Å². The third-order valence-corrected chi connectivity index (χ3v) is 5.47. The van der Waals surface area contributed by atoms with Crippen molar-refractivity contribution in [1.29, 1.82) is 0 Å². The highest BCUT2D eigenvalue weighted by molar-refractivity contribution is 7.12. The van der Waals surface area contributed by atoms with Crippen LogP contribution in [0.3, 0.4) is 0 Å². The van der Waals surface area contributed by atoms with Gasteiger partial charge in [0.2, 0.25) is 11.8 Å². The summed E-state index contributed by atoms with van der Waals surface area (Å²) in [6.07, 6.45) is 3.32. The molecule has 0 radical (unpaired) electrons. The molecule has 0 unspecified atom stereocenters. The van der Waals surface area contributed by atoms with Gasteiger partial charge in [-0.15, -0.1) is 11.3 Å². The number of ether oxygens (including phenoxy) is 1. The Morgan fingerprint density at radius 1 is 1.25 bits per heavy atom. The molecule has 2 aromatic rings. The molecule has 0 aromatic carbocycles. The van der Waals surface area contributed by atoms with E-state index in [2.05, 4.69) is 33.9 Å². The number of piperazine rings is 1. The van der Waals surface area contributed by atoms with Crippen LogP contribution in [0.15, 0.2) is 24.5 Å². The zero-order valence-electron chi connectivity index (χ0n) is 14.2. The molecule has 1 saturated heterocycles. The van der Waals surface area contributed by atoms with Crippen molar-refractivity contribution >= 4 is 23.1 Å². The number of thiophene rings is 1. The molecule has 1 atom stereocenters. The molecule has 24 heavy (non-hydrogen) atoms. The molecule has 0 spiro atoms. The van der Waals surface area contributed by atoms with Crippen LogP contribution in [-0.4, -0.2) is 54.1 Å². The van der Waals surface area contributed by atoms with E-state index in [1.54, 1.807) is 30.8 Å². The predicted octanol–water partition coefficient (Wildman–Crippen LogP) is 2.31. The lowest BCUT2D eigenvalue weighted by atomic mass is 10.1. The highest BCUT2D eigenvalue weighted by Crippen LogP contribution is 2.26. The van der Waals surface area contributed by atoms with Crippen LogP contribution in [0.4, 0.5) is 5.82 Å². The SMILES string of the molecule is COc1cncc(N2CCN(C(=O)[C@H](C)c3ccc(C)s3)CC2)n1. The molecule has 1 aliphatic heterocycles. The molecule has 0 aliphatic carbocycles. The minimum atomic E-state index is -0.0770. The van der Waals surface area contributed by atoms with Gasteiger partial charge in [0.15, 0.2) is 5.82 Å². The van der Waals surface area contributed by atoms with Crippen molar-refractivity contribution in [1.82, 2.24) is 14.9 Å². The smallest absolute Gasteiger partial charge is 0.233 e. The van der Waals surface area contributed by atoms with Gasteiger partial charge in [0.25, 0.3) is 0 Å². The van der Waals surface area contributed by atoms with Gasteiger partial charge in [0.05, 0.1) is 25.4 Å². The molecule has 2 aromatic heterocycles. The van der Waals surface area contributed by atoms with E-state index in [0.29, 0.717) is 19.0 Å². The first-order chi connectivity index (χ1) is 11.6. The van der Waals surface area contributed by atoms with E-state index in [1.165, 1.54) is 4.88 Å². The van der Waals surface area contributed by atoms with Crippen molar-refractivity contribution in [2.24, 2.45) is 0 Å². The van der Waals surface area contributed by atoms with Crippen molar-refractivity contribution in [2.75, 3.05) is 38.2 Å². The number of rotatable bonds is 4. The topological polar surface area (TPSA) is 58.6 Å². The molecule has 0 N–H and O–H groups in total. The molecule has 1 aliphatic rings. The summed E-state index contributed by atoms with van der Waals surface area (Å²) in [4.78, 5) is 27.7. The first kappa shape index (κ1) is 16.7. The Bertz CT molecular complexity index is 710. The normalized spacial score (nSPS) is 16.1. The van der Waals surface area contributed by atoms with Gasteiger partial charge in [0, 0.05) is 35.9 Å². The molecule has 0 bridgehead atoms. The van der Waals surface area contributed by atoms with Gasteiger partial charge in [0.1, 0.15) is 0 Å². The van der Waals surface area contributed by atoms with E-state index < -0.39 is 0 Å². The van der Waals surface area contributed by atoms with Gasteiger partial charge in [-0.3, -0.25) is 9.78 Å². The van der Waals surface area contributed by atoms with Gasteiger partial charge in [-0.2, -0.15) is 4.98 Å². The first-order valence-corrected chi connectivity index (χ1v) is 8.86. The molecule has 6 nitrogen and oxygen atoms in total. The number of nitrogens with zero attached hydrogens (tertiary/aromatic N) is 4. The molecule has 3 heterocycles. The van der Waals surface area contributed by atoms with Crippen LogP contribution >= 0.6 is 11.3 Å². The number of anilines is 1. The second-order valence-electron chi connectivity index (χ2n) is 5.90. The van der Waals surface area contributed by atoms with Gasteiger partial charge in [-0.25, -0.2) is 0 Å². The Labute approximate surface area is 146 Å². The molecule has 1 fully saturated rings. The number of aryl methyl sites for hydroxylation is 1. The van der Waals surface area contributed by atoms with Crippen LogP contribution in [0.5, 0.6) is 5.88 Å². The van der Waals surface area contributed by atoms with E-state index in [0.717, 1.165) is 23.8 Å². The summed E-state index contributed by atoms with van der Waals surface area (Å²) in [5.74, 6) is 1.43. The lowest BCUT2D eigenvalue weighted by Crippen LogP contribution is -2.50. The largest absolute Gasteiger partial charge is 0.480 e. The maximum atomic E-state index is 12.7. The van der Waals surface area contributed by atoms with Crippen molar-refractivity contribution in [3.63, 3.8) is 0 Å². The second-order valence-corrected chi connectivity index (χ2v) is 7.22. The van der Waals surface area contributed by atoms with Gasteiger partial charge < -0.3 is 14.5 Å². The Hall–Kier alpha value is -2.15. The fourth-order valence-corrected chi connectivity index (χ4v) is 3.75. The number of carbonyl (C=O) groups is 1. The van der Waals surface area contributed by atoms with Crippen LogP contribution in [-0.2, 0) is 4.79 Å². The van der Waals surface area contributed by atoms with Crippen molar-refractivity contribution < 1.29 is 9.53 Å². The number of aromatic nitrogens is 2. The quantitative estimate of drug-likeness (QED) is 0.850. The van der Waals surface area contributed by atoms with Crippen molar-refractivity contribution in [3.8, 4) is 5.88 Å². The van der Waals surface area contributed by atoms with Crippen LogP contribution < -0.4 is 9.64 Å². The van der Waals surface area contributed by atoms with E-state index in [4.69, 9.17) is 4.74 Å². The number of hydrogen-bond donors (Lipinski definition) is 0. The van der Waals surface area contributed by atoms with Crippen molar-refractivity contribution in [2.45, 2.75) is 19.8 Å². The van der Waals surface area contributed by atoms with Gasteiger partial charge in [-0.1, -0.05) is 0 Å². The zero-order valence-corrected chi connectivity index (χ0v) is 15.0. The molecule has 1 amide bonds. The van der Waals surface area contributed by atoms with E-state index in [-0.39, 0.29) is 11.8 Å². The van der Waals surface area contributed by atoms with Gasteiger partial charge in [-0.05, 0) is 26.0 Å². The highest BCUT2D eigenvalue weighted by Gasteiger charge is 2.27. The van der Waals surface area contributed by atoms with Crippen LogP contribution in [0.2, 0.25) is 0 Å². The summed E-state index contributed by atoms with van der Waals surface area (Å²) in [6, 6.07) is 4.13. The van der Waals surface area contributed by atoms with Crippen LogP contribution in [0, 0.1) is 6.92 Å². The molecular weight excluding hydrogens is 324 g/mol. The maximum absolute atomic E-state index is 12.7. The maximum Gasteiger partial charge on any atom is 0.233 e. The van der Waals surface area contributed by atoms with Crippen LogP contribution in [0.1, 0.15) is 22.6 Å². The van der Waals surface area contributed by atoms with Crippen molar-refractivity contribution in [3.05, 3.63) is 34.3 Å². The number of amides is 1. The van der Waals surface area contributed by atoms with E-state index >= 15 is 0 Å². The Kier molecular flexibility index (Phi) is 4.99. The lowest BCUT2D eigenvalue weighted by Gasteiger charge is -2.36. The average molecular weight is 346 g/mol. The summed E-state index contributed by atoms with van der Waals surface area (Å²) in [5, 5.41) is 0. The third kappa shape index (κ3) is 3.51. The minimum Gasteiger partial charge on any atom is -0.480 e. The number of carbonyl (C=O) groups excluding carboxylic acids is 1. The highest BCUT2D eigenvalue weighted by atomic mass is 32.1.